The number of hydrogen-bond donors (Lipinski definition) is 1. The van der Waals surface area contributed by atoms with Crippen molar-refractivity contribution in [2.45, 2.75) is 32.5 Å². The second-order valence-corrected chi connectivity index (χ2v) is 3.93. The highest BCUT2D eigenvalue weighted by molar-refractivity contribution is 5.75. The van der Waals surface area contributed by atoms with Crippen LogP contribution in [0.15, 0.2) is 0 Å². The summed E-state index contributed by atoms with van der Waals surface area (Å²) in [5, 5.41) is 9.37. The highest BCUT2D eigenvalue weighted by atomic mass is 16.6. The van der Waals surface area contributed by atoms with E-state index in [9.17, 15) is 9.90 Å². The summed E-state index contributed by atoms with van der Waals surface area (Å²) in [4.78, 5) is 11.2. The van der Waals surface area contributed by atoms with Crippen molar-refractivity contribution in [1.82, 2.24) is 0 Å². The lowest BCUT2D eigenvalue weighted by molar-refractivity contribution is -0.157. The second-order valence-electron chi connectivity index (χ2n) is 3.93. The molecule has 3 nitrogen and oxygen atoms in total. The maximum atomic E-state index is 11.2. The first-order valence-electron chi connectivity index (χ1n) is 4.58. The molecule has 2 aliphatic rings. The summed E-state index contributed by atoms with van der Waals surface area (Å²) in [6, 6.07) is 0. The van der Waals surface area contributed by atoms with Gasteiger partial charge in [0.05, 0.1) is 5.92 Å². The fraction of sp³-hybridized carbons (Fsp3) is 0.889. The molecule has 0 aromatic carbocycles. The predicted octanol–water partition coefficient (Wildman–Crippen LogP) is 0.914. The molecule has 12 heavy (non-hydrogen) atoms. The number of carbonyl (C=O) groups is 1. The van der Waals surface area contributed by atoms with Crippen LogP contribution < -0.4 is 0 Å². The molecule has 4 atom stereocenters. The van der Waals surface area contributed by atoms with Gasteiger partial charge in [-0.2, -0.15) is 0 Å². The molecule has 2 rings (SSSR count). The number of esters is 1. The minimum Gasteiger partial charge on any atom is -0.435 e. The van der Waals surface area contributed by atoms with Crippen molar-refractivity contribution < 1.29 is 14.6 Å². The normalized spacial score (nSPS) is 47.0. The van der Waals surface area contributed by atoms with E-state index in [4.69, 9.17) is 4.74 Å². The number of fused-ring (bicyclic) bond motifs is 1. The van der Waals surface area contributed by atoms with Crippen LogP contribution in [0.2, 0.25) is 0 Å². The van der Waals surface area contributed by atoms with Gasteiger partial charge in [0.15, 0.2) is 0 Å². The topological polar surface area (TPSA) is 46.5 Å². The Morgan fingerprint density at radius 3 is 2.92 bits per heavy atom. The molecule has 3 heteroatoms. The predicted molar refractivity (Wildman–Crippen MR) is 42.1 cm³/mol. The van der Waals surface area contributed by atoms with Gasteiger partial charge in [0.25, 0.3) is 0 Å². The molecule has 4 unspecified atom stereocenters. The molecule has 1 heterocycles. The molecule has 1 saturated carbocycles. The Hall–Kier alpha value is -0.570. The lowest BCUT2D eigenvalue weighted by Gasteiger charge is -2.28. The summed E-state index contributed by atoms with van der Waals surface area (Å²) in [5.74, 6) is 0.225. The zero-order valence-corrected chi connectivity index (χ0v) is 7.19. The maximum Gasteiger partial charge on any atom is 0.312 e. The summed E-state index contributed by atoms with van der Waals surface area (Å²) in [6.07, 6.45) is 2.30. The van der Waals surface area contributed by atoms with Gasteiger partial charge >= 0.3 is 5.97 Å². The van der Waals surface area contributed by atoms with Crippen LogP contribution in [0.5, 0.6) is 0 Å². The van der Waals surface area contributed by atoms with E-state index in [1.165, 1.54) is 0 Å². The summed E-state index contributed by atoms with van der Waals surface area (Å²) >= 11 is 0. The van der Waals surface area contributed by atoms with E-state index in [0.717, 1.165) is 19.3 Å². The zero-order valence-electron chi connectivity index (χ0n) is 7.19. The fourth-order valence-electron chi connectivity index (χ4n) is 2.47. The molecular weight excluding hydrogens is 156 g/mol. The Bertz CT molecular complexity index is 202. The van der Waals surface area contributed by atoms with Gasteiger partial charge in [0.2, 0.25) is 6.29 Å². The van der Waals surface area contributed by atoms with Crippen LogP contribution in [0.4, 0.5) is 0 Å². The molecule has 1 saturated heterocycles. The van der Waals surface area contributed by atoms with Gasteiger partial charge in [0.1, 0.15) is 0 Å². The highest BCUT2D eigenvalue weighted by Crippen LogP contribution is 2.41. The Labute approximate surface area is 71.7 Å². The molecule has 0 aromatic rings. The first-order chi connectivity index (χ1) is 5.70. The number of ether oxygens (including phenoxy) is 1. The zero-order chi connectivity index (χ0) is 8.72. The van der Waals surface area contributed by atoms with Crippen LogP contribution in [0.3, 0.4) is 0 Å². The van der Waals surface area contributed by atoms with E-state index < -0.39 is 6.29 Å². The molecule has 0 spiro atoms. The quantitative estimate of drug-likeness (QED) is 0.550. The molecular formula is C9H14O3. The van der Waals surface area contributed by atoms with E-state index >= 15 is 0 Å². The van der Waals surface area contributed by atoms with Crippen molar-refractivity contribution in [1.29, 1.82) is 0 Å². The average molecular weight is 170 g/mol. The first kappa shape index (κ1) is 8.05. The van der Waals surface area contributed by atoms with Crippen LogP contribution in [0, 0.1) is 17.8 Å². The number of aliphatic hydroxyl groups is 1. The second kappa shape index (κ2) is 2.73. The molecule has 1 N–H and O–H groups in total. The van der Waals surface area contributed by atoms with Crippen molar-refractivity contribution >= 4 is 5.97 Å². The molecule has 0 amide bonds. The molecule has 1 aliphatic heterocycles. The van der Waals surface area contributed by atoms with Gasteiger partial charge < -0.3 is 9.84 Å². The molecule has 1 aliphatic carbocycles. The Kier molecular flexibility index (Phi) is 1.83. The third-order valence-electron chi connectivity index (χ3n) is 3.15. The smallest absolute Gasteiger partial charge is 0.312 e. The Balaban J connectivity index is 2.19. The third-order valence-corrected chi connectivity index (χ3v) is 3.15. The molecule has 68 valence electrons. The number of hydrogen-bond acceptors (Lipinski definition) is 3. The number of cyclic esters (lactones) is 1. The number of carbonyl (C=O) groups excluding carboxylic acids is 1. The first-order valence-corrected chi connectivity index (χ1v) is 4.58. The Morgan fingerprint density at radius 2 is 2.25 bits per heavy atom. The van der Waals surface area contributed by atoms with Crippen molar-refractivity contribution in [3.63, 3.8) is 0 Å². The van der Waals surface area contributed by atoms with Gasteiger partial charge in [-0.15, -0.1) is 0 Å². The summed E-state index contributed by atoms with van der Waals surface area (Å²) < 4.78 is 4.80. The Morgan fingerprint density at radius 1 is 1.50 bits per heavy atom. The van der Waals surface area contributed by atoms with Crippen LogP contribution in [-0.4, -0.2) is 17.4 Å². The fourth-order valence-corrected chi connectivity index (χ4v) is 2.47. The summed E-state index contributed by atoms with van der Waals surface area (Å²) in [5.41, 5.74) is 0. The average Bonchev–Trinajstić information content (AvgIpc) is 2.29. The molecule has 0 aromatic heterocycles. The van der Waals surface area contributed by atoms with Crippen molar-refractivity contribution in [2.75, 3.05) is 0 Å². The standard InChI is InChI=1S/C9H14O3/c1-5-3-2-4-6-7(5)9(11)12-8(6)10/h5-8,10H,2-4H2,1H3. The van der Waals surface area contributed by atoms with Crippen LogP contribution in [0.25, 0.3) is 0 Å². The van der Waals surface area contributed by atoms with Gasteiger partial charge in [0, 0.05) is 5.92 Å². The largest absolute Gasteiger partial charge is 0.435 e. The third kappa shape index (κ3) is 1.04. The minimum atomic E-state index is -0.828. The van der Waals surface area contributed by atoms with Crippen LogP contribution >= 0.6 is 0 Å². The number of rotatable bonds is 0. The lowest BCUT2D eigenvalue weighted by Crippen LogP contribution is -2.30. The van der Waals surface area contributed by atoms with Gasteiger partial charge in [-0.05, 0) is 18.8 Å². The van der Waals surface area contributed by atoms with E-state index in [1.807, 2.05) is 0 Å². The molecule has 0 bridgehead atoms. The molecule has 2 fully saturated rings. The summed E-state index contributed by atoms with van der Waals surface area (Å²) in [7, 11) is 0. The van der Waals surface area contributed by atoms with Gasteiger partial charge in [-0.25, -0.2) is 0 Å². The van der Waals surface area contributed by atoms with Crippen molar-refractivity contribution in [2.24, 2.45) is 17.8 Å². The lowest BCUT2D eigenvalue weighted by atomic mass is 9.74. The maximum absolute atomic E-state index is 11.2. The molecule has 0 radical (unpaired) electrons. The van der Waals surface area contributed by atoms with Crippen molar-refractivity contribution in [3.05, 3.63) is 0 Å². The van der Waals surface area contributed by atoms with Gasteiger partial charge in [-0.3, -0.25) is 4.79 Å². The van der Waals surface area contributed by atoms with E-state index in [0.29, 0.717) is 5.92 Å². The van der Waals surface area contributed by atoms with E-state index in [-0.39, 0.29) is 17.8 Å². The van der Waals surface area contributed by atoms with E-state index in [1.54, 1.807) is 0 Å². The van der Waals surface area contributed by atoms with Crippen LogP contribution in [-0.2, 0) is 9.53 Å². The minimum absolute atomic E-state index is 0.0336. The summed E-state index contributed by atoms with van der Waals surface area (Å²) in [6.45, 7) is 2.07. The van der Waals surface area contributed by atoms with Crippen LogP contribution in [0.1, 0.15) is 26.2 Å². The van der Waals surface area contributed by atoms with Crippen molar-refractivity contribution in [3.8, 4) is 0 Å². The number of aliphatic hydroxyl groups excluding tert-OH is 1. The monoisotopic (exact) mass is 170 g/mol. The van der Waals surface area contributed by atoms with Gasteiger partial charge in [-0.1, -0.05) is 13.3 Å². The highest BCUT2D eigenvalue weighted by Gasteiger charge is 2.47. The van der Waals surface area contributed by atoms with E-state index in [2.05, 4.69) is 6.92 Å². The SMILES string of the molecule is CC1CCCC2C(O)OC(=O)C12.